The van der Waals surface area contributed by atoms with E-state index in [1.807, 2.05) is 0 Å². The molecule has 0 aliphatic carbocycles. The van der Waals surface area contributed by atoms with E-state index >= 15 is 0 Å². The zero-order valence-corrected chi connectivity index (χ0v) is 6.16. The normalized spacial score (nSPS) is 15.4. The molecule has 0 atom stereocenters. The number of ether oxygens (including phenoxy) is 1. The van der Waals surface area contributed by atoms with Crippen LogP contribution in [0.5, 0.6) is 11.8 Å². The van der Waals surface area contributed by atoms with Crippen LogP contribution in [0.15, 0.2) is 0 Å². The predicted molar refractivity (Wildman–Crippen MR) is 37.2 cm³/mol. The van der Waals surface area contributed by atoms with E-state index in [2.05, 4.69) is 0 Å². The third-order valence-corrected chi connectivity index (χ3v) is 2.03. The van der Waals surface area contributed by atoms with Crippen molar-refractivity contribution in [3.05, 3.63) is 11.1 Å². The Balaban J connectivity index is 2.68. The minimum absolute atomic E-state index is 0.106. The summed E-state index contributed by atoms with van der Waals surface area (Å²) in [6, 6.07) is 0. The lowest BCUT2D eigenvalue weighted by molar-refractivity contribution is 0.129. The molecular formula is C7H9NO3. The van der Waals surface area contributed by atoms with Crippen LogP contribution in [0.3, 0.4) is 0 Å². The molecule has 0 unspecified atom stereocenters. The van der Waals surface area contributed by atoms with Gasteiger partial charge in [-0.2, -0.15) is 0 Å². The Morgan fingerprint density at radius 3 is 2.09 bits per heavy atom. The van der Waals surface area contributed by atoms with Gasteiger partial charge in [-0.25, -0.2) is 0 Å². The summed E-state index contributed by atoms with van der Waals surface area (Å²) >= 11 is 0. The molecule has 0 fully saturated rings. The van der Waals surface area contributed by atoms with Crippen LogP contribution in [0.4, 0.5) is 0 Å². The average molecular weight is 155 g/mol. The summed E-state index contributed by atoms with van der Waals surface area (Å²) in [6.45, 7) is 0.797. The van der Waals surface area contributed by atoms with Gasteiger partial charge in [0.25, 0.3) is 0 Å². The fourth-order valence-electron chi connectivity index (χ4n) is 1.33. The molecule has 1 aromatic rings. The largest absolute Gasteiger partial charge is 0.494 e. The number of aromatic hydroxyl groups is 2. The van der Waals surface area contributed by atoms with E-state index in [1.165, 1.54) is 4.57 Å². The molecule has 2 rings (SSSR count). The van der Waals surface area contributed by atoms with Crippen LogP contribution in [0.1, 0.15) is 11.1 Å². The summed E-state index contributed by atoms with van der Waals surface area (Å²) < 4.78 is 6.39. The molecule has 0 bridgehead atoms. The van der Waals surface area contributed by atoms with Crippen LogP contribution in [0.25, 0.3) is 0 Å². The Kier molecular flexibility index (Phi) is 1.14. The number of nitrogens with zero attached hydrogens (tertiary/aromatic N) is 1. The van der Waals surface area contributed by atoms with Gasteiger partial charge in [-0.1, -0.05) is 0 Å². The summed E-state index contributed by atoms with van der Waals surface area (Å²) in [5.74, 6) is 0.213. The molecule has 0 radical (unpaired) electrons. The first-order chi connectivity index (χ1) is 5.22. The Labute approximate surface area is 63.6 Å². The van der Waals surface area contributed by atoms with Crippen molar-refractivity contribution in [2.75, 3.05) is 0 Å². The quantitative estimate of drug-likeness (QED) is 0.572. The van der Waals surface area contributed by atoms with E-state index in [0.29, 0.717) is 24.3 Å². The minimum atomic E-state index is 0.106. The lowest BCUT2D eigenvalue weighted by atomic mass is 10.2. The third kappa shape index (κ3) is 0.670. The maximum Gasteiger partial charge on any atom is 0.199 e. The second-order valence-electron chi connectivity index (χ2n) is 2.66. The van der Waals surface area contributed by atoms with Crippen LogP contribution in [-0.2, 0) is 25.0 Å². The van der Waals surface area contributed by atoms with Crippen molar-refractivity contribution in [3.63, 3.8) is 0 Å². The zero-order valence-electron chi connectivity index (χ0n) is 6.16. The van der Waals surface area contributed by atoms with Crippen molar-refractivity contribution in [2.24, 2.45) is 7.05 Å². The second kappa shape index (κ2) is 1.92. The van der Waals surface area contributed by atoms with E-state index < -0.39 is 0 Å². The maximum absolute atomic E-state index is 9.36. The lowest BCUT2D eigenvalue weighted by Gasteiger charge is -1.99. The molecule has 4 nitrogen and oxygen atoms in total. The van der Waals surface area contributed by atoms with Gasteiger partial charge >= 0.3 is 0 Å². The molecule has 1 aliphatic heterocycles. The van der Waals surface area contributed by atoms with Crippen molar-refractivity contribution in [1.82, 2.24) is 4.57 Å². The molecule has 11 heavy (non-hydrogen) atoms. The average Bonchev–Trinajstić information content (AvgIpc) is 2.53. The summed E-state index contributed by atoms with van der Waals surface area (Å²) in [4.78, 5) is 0. The first-order valence-electron chi connectivity index (χ1n) is 3.38. The van der Waals surface area contributed by atoms with Crippen LogP contribution in [-0.4, -0.2) is 14.8 Å². The molecule has 1 aliphatic rings. The maximum atomic E-state index is 9.36. The van der Waals surface area contributed by atoms with E-state index in [4.69, 9.17) is 4.74 Å². The fourth-order valence-corrected chi connectivity index (χ4v) is 1.33. The van der Waals surface area contributed by atoms with Gasteiger partial charge in [0.2, 0.25) is 0 Å². The molecule has 0 spiro atoms. The third-order valence-electron chi connectivity index (χ3n) is 2.03. The van der Waals surface area contributed by atoms with E-state index in [0.717, 1.165) is 0 Å². The lowest BCUT2D eigenvalue weighted by Crippen LogP contribution is -1.88. The van der Waals surface area contributed by atoms with Gasteiger partial charge in [0, 0.05) is 18.2 Å². The first kappa shape index (κ1) is 6.54. The summed E-state index contributed by atoms with van der Waals surface area (Å²) in [5.41, 5.74) is 1.43. The van der Waals surface area contributed by atoms with Crippen molar-refractivity contribution in [2.45, 2.75) is 13.2 Å². The topological polar surface area (TPSA) is 54.6 Å². The molecule has 2 N–H and O–H groups in total. The highest BCUT2D eigenvalue weighted by molar-refractivity contribution is 5.45. The fraction of sp³-hybridized carbons (Fsp3) is 0.429. The smallest absolute Gasteiger partial charge is 0.199 e. The molecular weight excluding hydrogens is 146 g/mol. The van der Waals surface area contributed by atoms with Crippen molar-refractivity contribution in [1.29, 1.82) is 0 Å². The molecule has 2 heterocycles. The standard InChI is InChI=1S/C7H9NO3/c1-8-6(9)4-2-11-3-5(4)7(8)10/h9-10H,2-3H2,1H3. The van der Waals surface area contributed by atoms with Crippen LogP contribution in [0, 0.1) is 0 Å². The summed E-state index contributed by atoms with van der Waals surface area (Å²) in [6.07, 6.45) is 0. The van der Waals surface area contributed by atoms with Crippen molar-refractivity contribution in [3.8, 4) is 11.8 Å². The number of hydrogen-bond acceptors (Lipinski definition) is 3. The predicted octanol–water partition coefficient (Wildman–Crippen LogP) is 0.466. The first-order valence-corrected chi connectivity index (χ1v) is 3.38. The molecule has 60 valence electrons. The van der Waals surface area contributed by atoms with Gasteiger partial charge in [-0.3, -0.25) is 4.57 Å². The van der Waals surface area contributed by atoms with Crippen LogP contribution in [0.2, 0.25) is 0 Å². The molecule has 0 saturated carbocycles. The Hall–Kier alpha value is -1.16. The Morgan fingerprint density at radius 2 is 1.64 bits per heavy atom. The molecule has 0 amide bonds. The van der Waals surface area contributed by atoms with Gasteiger partial charge in [-0.15, -0.1) is 0 Å². The number of aromatic nitrogens is 1. The Bertz CT molecular complexity index is 276. The highest BCUT2D eigenvalue weighted by atomic mass is 16.5. The number of fused-ring (bicyclic) bond motifs is 1. The highest BCUT2D eigenvalue weighted by Crippen LogP contribution is 2.37. The van der Waals surface area contributed by atoms with Gasteiger partial charge in [-0.05, 0) is 0 Å². The van der Waals surface area contributed by atoms with Crippen LogP contribution >= 0.6 is 0 Å². The van der Waals surface area contributed by atoms with Crippen molar-refractivity contribution >= 4 is 0 Å². The summed E-state index contributed by atoms with van der Waals surface area (Å²) in [7, 11) is 1.61. The number of hydrogen-bond donors (Lipinski definition) is 2. The molecule has 0 aromatic carbocycles. The van der Waals surface area contributed by atoms with Crippen LogP contribution < -0.4 is 0 Å². The molecule has 4 heteroatoms. The Morgan fingerprint density at radius 1 is 1.18 bits per heavy atom. The van der Waals surface area contributed by atoms with Gasteiger partial charge < -0.3 is 14.9 Å². The van der Waals surface area contributed by atoms with E-state index in [1.54, 1.807) is 7.05 Å². The van der Waals surface area contributed by atoms with E-state index in [9.17, 15) is 10.2 Å². The summed E-state index contributed by atoms with van der Waals surface area (Å²) in [5, 5.41) is 18.7. The van der Waals surface area contributed by atoms with Gasteiger partial charge in [0.15, 0.2) is 11.8 Å². The monoisotopic (exact) mass is 155 g/mol. The zero-order chi connectivity index (χ0) is 8.01. The van der Waals surface area contributed by atoms with Gasteiger partial charge in [0.1, 0.15) is 0 Å². The van der Waals surface area contributed by atoms with E-state index in [-0.39, 0.29) is 11.8 Å². The van der Waals surface area contributed by atoms with Gasteiger partial charge in [0.05, 0.1) is 13.2 Å². The van der Waals surface area contributed by atoms with Crippen molar-refractivity contribution < 1.29 is 14.9 Å². The second-order valence-corrected chi connectivity index (χ2v) is 2.66. The SMILES string of the molecule is Cn1c(O)c2c(c1O)COC2. The molecule has 1 aromatic heterocycles. The number of rotatable bonds is 0. The molecule has 0 saturated heterocycles. The minimum Gasteiger partial charge on any atom is -0.494 e. The highest BCUT2D eigenvalue weighted by Gasteiger charge is 2.24.